The summed E-state index contributed by atoms with van der Waals surface area (Å²) < 4.78 is 25.4. The van der Waals surface area contributed by atoms with E-state index in [4.69, 9.17) is 18.2 Å². The third kappa shape index (κ3) is 3.34. The minimum atomic E-state index is -3.39. The van der Waals surface area contributed by atoms with E-state index in [-0.39, 0.29) is 5.03 Å². The van der Waals surface area contributed by atoms with Gasteiger partial charge in [-0.15, -0.1) is 0 Å². The third-order valence-electron chi connectivity index (χ3n) is 4.97. The van der Waals surface area contributed by atoms with Crippen molar-refractivity contribution in [3.63, 3.8) is 0 Å². The second-order valence-electron chi connectivity index (χ2n) is 7.13. The van der Waals surface area contributed by atoms with Gasteiger partial charge in [-0.2, -0.15) is 0 Å². The summed E-state index contributed by atoms with van der Waals surface area (Å²) in [5.41, 5.74) is 5.42. The van der Waals surface area contributed by atoms with Gasteiger partial charge in [0.05, 0.1) is 29.0 Å². The molecule has 8 heteroatoms. The maximum atomic E-state index is 11.7. The number of rotatable bonds is 3. The number of hydrogen-bond donors (Lipinski definition) is 0. The fraction of sp³-hybridized carbons (Fsp3) is 0.136. The molecule has 0 amide bonds. The van der Waals surface area contributed by atoms with Crippen LogP contribution in [-0.2, 0) is 9.84 Å². The molecule has 0 bridgehead atoms. The molecule has 0 aliphatic carbocycles. The van der Waals surface area contributed by atoms with Gasteiger partial charge >= 0.3 is 0 Å². The lowest BCUT2D eigenvalue weighted by Crippen LogP contribution is -2.01. The van der Waals surface area contributed by atoms with E-state index in [1.165, 1.54) is 12.3 Å². The van der Waals surface area contributed by atoms with Crippen molar-refractivity contribution >= 4 is 38.0 Å². The summed E-state index contributed by atoms with van der Waals surface area (Å²) in [6, 6.07) is 6.98. The highest BCUT2D eigenvalue weighted by molar-refractivity contribution is 7.90. The van der Waals surface area contributed by atoms with Crippen molar-refractivity contribution in [1.82, 2.24) is 14.5 Å². The lowest BCUT2D eigenvalue weighted by Gasteiger charge is -2.07. The Morgan fingerprint density at radius 3 is 2.47 bits per heavy atom. The van der Waals surface area contributed by atoms with Crippen LogP contribution in [0.5, 0.6) is 0 Å². The fourth-order valence-electron chi connectivity index (χ4n) is 3.38. The molecule has 0 spiro atoms. The van der Waals surface area contributed by atoms with E-state index in [9.17, 15) is 8.42 Å². The van der Waals surface area contributed by atoms with Crippen LogP contribution < -0.4 is 0 Å². The molecule has 0 aliphatic heterocycles. The number of fused-ring (bicyclic) bond motifs is 1. The molecule has 0 radical (unpaired) electrons. The van der Waals surface area contributed by atoms with Gasteiger partial charge in [0.25, 0.3) is 0 Å². The Hall–Kier alpha value is -3.21. The zero-order chi connectivity index (χ0) is 21.6. The number of halogens is 1. The molecule has 3 aromatic heterocycles. The topological polar surface area (TPSA) is 69.2 Å². The summed E-state index contributed by atoms with van der Waals surface area (Å²) in [6.45, 7) is 11.3. The van der Waals surface area contributed by atoms with Crippen LogP contribution >= 0.6 is 11.6 Å². The molecule has 0 fully saturated rings. The highest BCUT2D eigenvalue weighted by atomic mass is 35.5. The van der Waals surface area contributed by atoms with Crippen LogP contribution in [0.15, 0.2) is 54.1 Å². The van der Waals surface area contributed by atoms with Gasteiger partial charge in [0, 0.05) is 36.0 Å². The van der Waals surface area contributed by atoms with Gasteiger partial charge in [0.15, 0.2) is 20.6 Å². The first-order valence-electron chi connectivity index (χ1n) is 9.01. The number of pyridine rings is 2. The summed E-state index contributed by atoms with van der Waals surface area (Å²) in [4.78, 5) is 12.0. The lowest BCUT2D eigenvalue weighted by molar-refractivity contribution is 0.598. The average Bonchev–Trinajstić information content (AvgIpc) is 3.07. The van der Waals surface area contributed by atoms with Crippen LogP contribution in [0.25, 0.3) is 32.6 Å². The van der Waals surface area contributed by atoms with E-state index in [0.717, 1.165) is 39.4 Å². The van der Waals surface area contributed by atoms with Gasteiger partial charge < -0.3 is 4.57 Å². The van der Waals surface area contributed by atoms with Crippen molar-refractivity contribution in [1.29, 1.82) is 0 Å². The number of benzene rings is 1. The molecule has 0 aliphatic rings. The number of sulfone groups is 1. The minimum Gasteiger partial charge on any atom is -0.314 e. The molecule has 150 valence electrons. The number of hydrogen-bond acceptors (Lipinski definition) is 4. The van der Waals surface area contributed by atoms with Crippen LogP contribution in [0.4, 0.5) is 5.69 Å². The molecule has 6 nitrogen and oxygen atoms in total. The molecule has 0 N–H and O–H groups in total. The molecular formula is C22H17ClN4O2S. The Morgan fingerprint density at radius 2 is 1.83 bits per heavy atom. The highest BCUT2D eigenvalue weighted by Crippen LogP contribution is 2.39. The predicted octanol–water partition coefficient (Wildman–Crippen LogP) is 5.31. The zero-order valence-corrected chi connectivity index (χ0v) is 18.1. The standard InChI is InChI=1S/C22H17ClN4O2S/c1-13-7-20-16(8-19(13)24-3)18(17-11-25-9-14(2)22(17)23)12-27(20)15-5-6-21(26-10-15)30(4,28)29/h5-12H,1-2,4H3. The Bertz CT molecular complexity index is 1450. The average molecular weight is 437 g/mol. The first kappa shape index (κ1) is 20.1. The Labute approximate surface area is 179 Å². The molecule has 0 saturated heterocycles. The molecule has 4 aromatic rings. The first-order valence-corrected chi connectivity index (χ1v) is 11.3. The first-order chi connectivity index (χ1) is 14.2. The quantitative estimate of drug-likeness (QED) is 0.408. The predicted molar refractivity (Wildman–Crippen MR) is 118 cm³/mol. The van der Waals surface area contributed by atoms with Crippen LogP contribution in [0.1, 0.15) is 11.1 Å². The van der Waals surface area contributed by atoms with Crippen LogP contribution in [0, 0.1) is 20.4 Å². The van der Waals surface area contributed by atoms with Crippen molar-refractivity contribution in [2.75, 3.05) is 6.26 Å². The van der Waals surface area contributed by atoms with Crippen LogP contribution in [0.3, 0.4) is 0 Å². The molecule has 3 heterocycles. The largest absolute Gasteiger partial charge is 0.314 e. The van der Waals surface area contributed by atoms with Crippen LogP contribution in [0.2, 0.25) is 5.02 Å². The molecule has 0 unspecified atom stereocenters. The maximum absolute atomic E-state index is 11.7. The van der Waals surface area contributed by atoms with E-state index in [2.05, 4.69) is 14.8 Å². The SMILES string of the molecule is [C-]#[N+]c1cc2c(-c3cncc(C)c3Cl)cn(-c3ccc(S(C)(=O)=O)nc3)c2cc1C. The summed E-state index contributed by atoms with van der Waals surface area (Å²) in [5.74, 6) is 0. The van der Waals surface area contributed by atoms with E-state index in [1.807, 2.05) is 36.7 Å². The summed E-state index contributed by atoms with van der Waals surface area (Å²) >= 11 is 6.57. The molecule has 1 aromatic carbocycles. The van der Waals surface area contributed by atoms with Gasteiger partial charge in [0.1, 0.15) is 0 Å². The number of aryl methyl sites for hydroxylation is 2. The van der Waals surface area contributed by atoms with Gasteiger partial charge in [-0.05, 0) is 54.6 Å². The second-order valence-corrected chi connectivity index (χ2v) is 9.47. The van der Waals surface area contributed by atoms with E-state index >= 15 is 0 Å². The van der Waals surface area contributed by atoms with Gasteiger partial charge in [0.2, 0.25) is 0 Å². The number of aromatic nitrogens is 3. The molecular weight excluding hydrogens is 420 g/mol. The number of nitrogens with zero attached hydrogens (tertiary/aromatic N) is 4. The van der Waals surface area contributed by atoms with Crippen molar-refractivity contribution in [3.05, 3.63) is 76.6 Å². The molecule has 30 heavy (non-hydrogen) atoms. The second kappa shape index (κ2) is 7.24. The van der Waals surface area contributed by atoms with Gasteiger partial charge in [-0.25, -0.2) is 18.2 Å². The van der Waals surface area contributed by atoms with Gasteiger partial charge in [-0.1, -0.05) is 11.6 Å². The Balaban J connectivity index is 2.03. The molecule has 0 saturated carbocycles. The van der Waals surface area contributed by atoms with Crippen molar-refractivity contribution in [2.24, 2.45) is 0 Å². The fourth-order valence-corrected chi connectivity index (χ4v) is 4.14. The van der Waals surface area contributed by atoms with E-state index in [0.29, 0.717) is 16.4 Å². The lowest BCUT2D eigenvalue weighted by atomic mass is 10.0. The van der Waals surface area contributed by atoms with E-state index < -0.39 is 9.84 Å². The highest BCUT2D eigenvalue weighted by Gasteiger charge is 2.18. The van der Waals surface area contributed by atoms with Gasteiger partial charge in [-0.3, -0.25) is 4.98 Å². The Morgan fingerprint density at radius 1 is 1.07 bits per heavy atom. The van der Waals surface area contributed by atoms with Crippen molar-refractivity contribution < 1.29 is 8.42 Å². The van der Waals surface area contributed by atoms with Crippen LogP contribution in [-0.4, -0.2) is 29.2 Å². The van der Waals surface area contributed by atoms with E-state index in [1.54, 1.807) is 18.5 Å². The molecule has 0 atom stereocenters. The normalized spacial score (nSPS) is 11.6. The summed E-state index contributed by atoms with van der Waals surface area (Å²) in [6.07, 6.45) is 7.97. The summed E-state index contributed by atoms with van der Waals surface area (Å²) in [5, 5.41) is 1.47. The summed E-state index contributed by atoms with van der Waals surface area (Å²) in [7, 11) is -3.39. The third-order valence-corrected chi connectivity index (χ3v) is 6.47. The molecule has 4 rings (SSSR count). The monoisotopic (exact) mass is 436 g/mol. The van der Waals surface area contributed by atoms with Crippen molar-refractivity contribution in [2.45, 2.75) is 18.9 Å². The maximum Gasteiger partial charge on any atom is 0.192 e. The Kier molecular flexibility index (Phi) is 4.85. The smallest absolute Gasteiger partial charge is 0.192 e. The zero-order valence-electron chi connectivity index (χ0n) is 16.5. The minimum absolute atomic E-state index is 0.0142. The van der Waals surface area contributed by atoms with Crippen molar-refractivity contribution in [3.8, 4) is 16.8 Å².